The SMILES string of the molecule is CC(C)CC(Nc1nc(Nc2ccc(-n3cccn3)cc2)c(C(N)=O)c(=O)[nH]1)C(N)=O. The summed E-state index contributed by atoms with van der Waals surface area (Å²) in [4.78, 5) is 42.7. The van der Waals surface area contributed by atoms with Gasteiger partial charge in [0, 0.05) is 18.1 Å². The summed E-state index contributed by atoms with van der Waals surface area (Å²) < 4.78 is 1.69. The number of aromatic amines is 1. The summed E-state index contributed by atoms with van der Waals surface area (Å²) in [7, 11) is 0. The molecule has 0 saturated carbocycles. The van der Waals surface area contributed by atoms with Gasteiger partial charge in [-0.3, -0.25) is 19.4 Å². The molecule has 0 radical (unpaired) electrons. The van der Waals surface area contributed by atoms with Gasteiger partial charge in [-0.05, 0) is 42.7 Å². The highest BCUT2D eigenvalue weighted by Crippen LogP contribution is 2.20. The lowest BCUT2D eigenvalue weighted by atomic mass is 10.0. The van der Waals surface area contributed by atoms with Gasteiger partial charge in [-0.25, -0.2) is 4.68 Å². The zero-order chi connectivity index (χ0) is 22.5. The number of rotatable bonds is 9. The van der Waals surface area contributed by atoms with Gasteiger partial charge in [0.2, 0.25) is 11.9 Å². The van der Waals surface area contributed by atoms with E-state index < -0.39 is 23.4 Å². The van der Waals surface area contributed by atoms with Crippen LogP contribution in [0.4, 0.5) is 17.5 Å². The van der Waals surface area contributed by atoms with Gasteiger partial charge >= 0.3 is 0 Å². The molecule has 0 fully saturated rings. The van der Waals surface area contributed by atoms with Crippen molar-refractivity contribution in [3.8, 4) is 5.69 Å². The van der Waals surface area contributed by atoms with Crippen LogP contribution in [0.2, 0.25) is 0 Å². The van der Waals surface area contributed by atoms with Crippen molar-refractivity contribution in [2.75, 3.05) is 10.6 Å². The van der Waals surface area contributed by atoms with Crippen LogP contribution in [0.25, 0.3) is 5.69 Å². The fourth-order valence-corrected chi connectivity index (χ4v) is 3.00. The Morgan fingerprint density at radius 2 is 1.90 bits per heavy atom. The van der Waals surface area contributed by atoms with E-state index in [4.69, 9.17) is 11.5 Å². The number of aromatic nitrogens is 4. The molecule has 11 heteroatoms. The number of benzene rings is 1. The summed E-state index contributed by atoms with van der Waals surface area (Å²) in [5, 5.41) is 9.91. The van der Waals surface area contributed by atoms with Gasteiger partial charge < -0.3 is 22.1 Å². The van der Waals surface area contributed by atoms with Gasteiger partial charge in [-0.1, -0.05) is 13.8 Å². The van der Waals surface area contributed by atoms with E-state index >= 15 is 0 Å². The third-order valence-corrected chi connectivity index (χ3v) is 4.43. The second-order valence-corrected chi connectivity index (χ2v) is 7.35. The van der Waals surface area contributed by atoms with Gasteiger partial charge in [0.15, 0.2) is 5.82 Å². The number of amides is 2. The van der Waals surface area contributed by atoms with Crippen LogP contribution in [0.3, 0.4) is 0 Å². The standard InChI is InChI=1S/C20H24N8O3/c1-11(2)10-14(16(21)29)25-20-26-18(15(17(22)30)19(31)27-20)24-12-4-6-13(7-5-12)28-9-3-8-23-28/h3-9,11,14H,10H2,1-2H3,(H2,21,29)(H2,22,30)(H3,24,25,26,27,31). The van der Waals surface area contributed by atoms with Gasteiger partial charge in [-0.15, -0.1) is 0 Å². The summed E-state index contributed by atoms with van der Waals surface area (Å²) in [5.41, 5.74) is 11.1. The maximum absolute atomic E-state index is 12.5. The Morgan fingerprint density at radius 3 is 2.45 bits per heavy atom. The fraction of sp³-hybridized carbons (Fsp3) is 0.250. The highest BCUT2D eigenvalue weighted by Gasteiger charge is 2.21. The largest absolute Gasteiger partial charge is 0.368 e. The van der Waals surface area contributed by atoms with Gasteiger partial charge in [0.1, 0.15) is 11.6 Å². The Kier molecular flexibility index (Phi) is 6.34. The van der Waals surface area contributed by atoms with Crippen LogP contribution < -0.4 is 27.7 Å². The maximum atomic E-state index is 12.5. The first-order chi connectivity index (χ1) is 14.7. The van der Waals surface area contributed by atoms with Gasteiger partial charge in [0.25, 0.3) is 11.5 Å². The number of anilines is 3. The molecule has 0 aliphatic rings. The quantitative estimate of drug-likeness (QED) is 0.342. The molecule has 2 amide bonds. The molecule has 0 bridgehead atoms. The first-order valence-corrected chi connectivity index (χ1v) is 9.61. The number of nitrogens with one attached hydrogen (secondary N) is 3. The van der Waals surface area contributed by atoms with Crippen molar-refractivity contribution < 1.29 is 9.59 Å². The lowest BCUT2D eigenvalue weighted by Crippen LogP contribution is -2.38. The number of primary amides is 2. The lowest BCUT2D eigenvalue weighted by Gasteiger charge is -2.18. The molecule has 1 atom stereocenters. The maximum Gasteiger partial charge on any atom is 0.267 e. The molecule has 2 aromatic heterocycles. The predicted molar refractivity (Wildman–Crippen MR) is 116 cm³/mol. The highest BCUT2D eigenvalue weighted by molar-refractivity contribution is 5.98. The van der Waals surface area contributed by atoms with Crippen molar-refractivity contribution in [3.05, 3.63) is 58.6 Å². The minimum Gasteiger partial charge on any atom is -0.368 e. The number of nitrogens with zero attached hydrogens (tertiary/aromatic N) is 3. The number of carbonyl (C=O) groups is 2. The predicted octanol–water partition coefficient (Wildman–Crippen LogP) is 1.11. The number of hydrogen-bond acceptors (Lipinski definition) is 7. The molecule has 11 nitrogen and oxygen atoms in total. The topological polar surface area (TPSA) is 174 Å². The molecule has 0 saturated heterocycles. The average molecular weight is 424 g/mol. The van der Waals surface area contributed by atoms with Crippen LogP contribution in [0, 0.1) is 5.92 Å². The van der Waals surface area contributed by atoms with Crippen LogP contribution in [-0.2, 0) is 4.79 Å². The molecule has 31 heavy (non-hydrogen) atoms. The Hall–Kier alpha value is -4.15. The van der Waals surface area contributed by atoms with E-state index in [1.54, 1.807) is 47.4 Å². The second kappa shape index (κ2) is 9.11. The normalized spacial score (nSPS) is 11.8. The van der Waals surface area contributed by atoms with E-state index in [9.17, 15) is 14.4 Å². The summed E-state index contributed by atoms with van der Waals surface area (Å²) in [6.07, 6.45) is 3.91. The van der Waals surface area contributed by atoms with Crippen molar-refractivity contribution in [1.29, 1.82) is 0 Å². The molecule has 0 aliphatic carbocycles. The monoisotopic (exact) mass is 424 g/mol. The van der Waals surface area contributed by atoms with E-state index in [0.717, 1.165) is 5.69 Å². The Balaban J connectivity index is 1.91. The Bertz CT molecular complexity index is 1120. The van der Waals surface area contributed by atoms with Crippen molar-refractivity contribution >= 4 is 29.3 Å². The van der Waals surface area contributed by atoms with Crippen molar-refractivity contribution in [2.45, 2.75) is 26.3 Å². The van der Waals surface area contributed by atoms with E-state index in [2.05, 4.69) is 25.7 Å². The first kappa shape index (κ1) is 21.6. The molecule has 0 spiro atoms. The molecular formula is C20H24N8O3. The van der Waals surface area contributed by atoms with E-state index in [0.29, 0.717) is 12.1 Å². The first-order valence-electron chi connectivity index (χ1n) is 9.61. The minimum atomic E-state index is -0.940. The smallest absolute Gasteiger partial charge is 0.267 e. The van der Waals surface area contributed by atoms with Crippen LogP contribution in [-0.4, -0.2) is 37.6 Å². The fourth-order valence-electron chi connectivity index (χ4n) is 3.00. The number of nitrogens with two attached hydrogens (primary N) is 2. The Morgan fingerprint density at radius 1 is 1.19 bits per heavy atom. The molecule has 3 aromatic rings. The number of carbonyl (C=O) groups excluding carboxylic acids is 2. The minimum absolute atomic E-state index is 0.00453. The summed E-state index contributed by atoms with van der Waals surface area (Å²) in [6.45, 7) is 3.87. The highest BCUT2D eigenvalue weighted by atomic mass is 16.2. The molecule has 1 unspecified atom stereocenters. The molecule has 7 N–H and O–H groups in total. The average Bonchev–Trinajstić information content (AvgIpc) is 3.22. The van der Waals surface area contributed by atoms with Crippen LogP contribution in [0.5, 0.6) is 0 Å². The summed E-state index contributed by atoms with van der Waals surface area (Å²) >= 11 is 0. The zero-order valence-electron chi connectivity index (χ0n) is 17.1. The lowest BCUT2D eigenvalue weighted by molar-refractivity contribution is -0.119. The van der Waals surface area contributed by atoms with Crippen LogP contribution in [0.1, 0.15) is 30.6 Å². The molecule has 2 heterocycles. The third-order valence-electron chi connectivity index (χ3n) is 4.43. The van der Waals surface area contributed by atoms with E-state index in [-0.39, 0.29) is 23.2 Å². The van der Waals surface area contributed by atoms with E-state index in [1.165, 1.54) is 0 Å². The van der Waals surface area contributed by atoms with Crippen LogP contribution >= 0.6 is 0 Å². The van der Waals surface area contributed by atoms with Crippen molar-refractivity contribution in [2.24, 2.45) is 17.4 Å². The van der Waals surface area contributed by atoms with Crippen LogP contribution in [0.15, 0.2) is 47.5 Å². The summed E-state index contributed by atoms with van der Waals surface area (Å²) in [5.74, 6) is -1.40. The second-order valence-electron chi connectivity index (χ2n) is 7.35. The van der Waals surface area contributed by atoms with Crippen molar-refractivity contribution in [3.63, 3.8) is 0 Å². The molecule has 162 valence electrons. The number of H-pyrrole nitrogens is 1. The third kappa shape index (κ3) is 5.26. The summed E-state index contributed by atoms with van der Waals surface area (Å²) in [6, 6.07) is 8.14. The molecular weight excluding hydrogens is 400 g/mol. The Labute approximate surface area is 177 Å². The van der Waals surface area contributed by atoms with Crippen molar-refractivity contribution in [1.82, 2.24) is 19.7 Å². The number of hydrogen-bond donors (Lipinski definition) is 5. The molecule has 1 aromatic carbocycles. The molecule has 0 aliphatic heterocycles. The van der Waals surface area contributed by atoms with E-state index in [1.807, 2.05) is 13.8 Å². The van der Waals surface area contributed by atoms with Gasteiger partial charge in [0.05, 0.1) is 5.69 Å². The van der Waals surface area contributed by atoms with Gasteiger partial charge in [-0.2, -0.15) is 10.1 Å². The molecule has 3 rings (SSSR count). The zero-order valence-corrected chi connectivity index (χ0v) is 17.1.